The topological polar surface area (TPSA) is 46.5 Å². The second-order valence-electron chi connectivity index (χ2n) is 4.62. The second kappa shape index (κ2) is 6.96. The predicted octanol–water partition coefficient (Wildman–Crippen LogP) is 4.52. The van der Waals surface area contributed by atoms with E-state index < -0.39 is 11.9 Å². The van der Waals surface area contributed by atoms with Crippen LogP contribution < -0.4 is 4.74 Å². The number of hydrogen-bond acceptors (Lipinski definition) is 2. The van der Waals surface area contributed by atoms with E-state index in [0.717, 1.165) is 21.3 Å². The fourth-order valence-corrected chi connectivity index (χ4v) is 2.83. The van der Waals surface area contributed by atoms with Crippen molar-refractivity contribution in [3.8, 4) is 5.75 Å². The Morgan fingerprint density at radius 1 is 1.29 bits per heavy atom. The number of ether oxygens (including phenoxy) is 1. The maximum Gasteiger partial charge on any atom is 0.311 e. The Morgan fingerprint density at radius 2 is 1.95 bits per heavy atom. The molecule has 2 aromatic rings. The van der Waals surface area contributed by atoms with Crippen molar-refractivity contribution in [2.24, 2.45) is 0 Å². The van der Waals surface area contributed by atoms with Crippen molar-refractivity contribution < 1.29 is 14.6 Å². The molecular weight excluding hydrogens is 356 g/mol. The third-order valence-corrected chi connectivity index (χ3v) is 4.10. The smallest absolute Gasteiger partial charge is 0.311 e. The van der Waals surface area contributed by atoms with Crippen LogP contribution in [0.3, 0.4) is 0 Å². The van der Waals surface area contributed by atoms with Crippen molar-refractivity contribution in [2.45, 2.75) is 12.3 Å². The van der Waals surface area contributed by atoms with Crippen molar-refractivity contribution in [3.05, 3.63) is 63.1 Å². The van der Waals surface area contributed by atoms with Crippen LogP contribution in [0.4, 0.5) is 0 Å². The quantitative estimate of drug-likeness (QED) is 0.843. The van der Waals surface area contributed by atoms with Gasteiger partial charge in [0.2, 0.25) is 0 Å². The molecule has 0 saturated carbocycles. The van der Waals surface area contributed by atoms with E-state index in [9.17, 15) is 9.90 Å². The highest BCUT2D eigenvalue weighted by molar-refractivity contribution is 9.10. The van der Waals surface area contributed by atoms with Gasteiger partial charge in [-0.3, -0.25) is 4.79 Å². The van der Waals surface area contributed by atoms with Crippen LogP contribution >= 0.6 is 27.5 Å². The molecular formula is C16H14BrClO3. The third-order valence-electron chi connectivity index (χ3n) is 3.23. The van der Waals surface area contributed by atoms with E-state index in [0.29, 0.717) is 11.4 Å². The van der Waals surface area contributed by atoms with E-state index in [2.05, 4.69) is 15.9 Å². The molecule has 0 aromatic heterocycles. The molecule has 21 heavy (non-hydrogen) atoms. The molecule has 0 radical (unpaired) electrons. The highest BCUT2D eigenvalue weighted by atomic mass is 79.9. The number of carboxylic acids is 1. The maximum atomic E-state index is 11.5. The molecule has 0 saturated heterocycles. The molecule has 3 nitrogen and oxygen atoms in total. The molecule has 0 spiro atoms. The van der Waals surface area contributed by atoms with Gasteiger partial charge in [0.25, 0.3) is 0 Å². The Kier molecular flexibility index (Phi) is 5.26. The van der Waals surface area contributed by atoms with Crippen LogP contribution in [0.25, 0.3) is 0 Å². The number of methoxy groups -OCH3 is 1. The van der Waals surface area contributed by atoms with E-state index >= 15 is 0 Å². The minimum Gasteiger partial charge on any atom is -0.496 e. The van der Waals surface area contributed by atoms with Crippen LogP contribution in [0.1, 0.15) is 17.0 Å². The lowest BCUT2D eigenvalue weighted by molar-refractivity contribution is -0.138. The molecule has 0 aliphatic carbocycles. The third kappa shape index (κ3) is 3.99. The molecule has 2 aromatic carbocycles. The Morgan fingerprint density at radius 3 is 2.48 bits per heavy atom. The molecule has 0 aliphatic heterocycles. The van der Waals surface area contributed by atoms with Crippen LogP contribution in [0.2, 0.25) is 5.02 Å². The van der Waals surface area contributed by atoms with Crippen molar-refractivity contribution in [1.82, 2.24) is 0 Å². The fourth-order valence-electron chi connectivity index (χ4n) is 2.12. The number of benzene rings is 2. The summed E-state index contributed by atoms with van der Waals surface area (Å²) in [5, 5.41) is 10.1. The van der Waals surface area contributed by atoms with Gasteiger partial charge in [-0.2, -0.15) is 0 Å². The summed E-state index contributed by atoms with van der Waals surface area (Å²) >= 11 is 9.25. The van der Waals surface area contributed by atoms with Crippen molar-refractivity contribution in [2.75, 3.05) is 7.11 Å². The minimum atomic E-state index is -0.857. The predicted molar refractivity (Wildman–Crippen MR) is 86.2 cm³/mol. The van der Waals surface area contributed by atoms with Gasteiger partial charge in [0.05, 0.1) is 17.5 Å². The van der Waals surface area contributed by atoms with Gasteiger partial charge >= 0.3 is 5.97 Å². The number of rotatable bonds is 5. The van der Waals surface area contributed by atoms with E-state index in [1.165, 1.54) is 0 Å². The number of hydrogen-bond donors (Lipinski definition) is 1. The lowest BCUT2D eigenvalue weighted by Crippen LogP contribution is -2.14. The summed E-state index contributed by atoms with van der Waals surface area (Å²) < 4.78 is 5.98. The Balaban J connectivity index is 2.26. The van der Waals surface area contributed by atoms with E-state index in [1.807, 2.05) is 18.2 Å². The first-order chi connectivity index (χ1) is 10.0. The van der Waals surface area contributed by atoms with Gasteiger partial charge in [0.1, 0.15) is 5.75 Å². The number of aliphatic carboxylic acids is 1. The first-order valence-electron chi connectivity index (χ1n) is 6.32. The molecule has 0 heterocycles. The lowest BCUT2D eigenvalue weighted by atomic mass is 9.92. The normalized spacial score (nSPS) is 12.0. The molecule has 5 heteroatoms. The zero-order valence-corrected chi connectivity index (χ0v) is 13.7. The fraction of sp³-hybridized carbons (Fsp3) is 0.188. The summed E-state index contributed by atoms with van der Waals surface area (Å²) in [4.78, 5) is 11.5. The van der Waals surface area contributed by atoms with Gasteiger partial charge in [0.15, 0.2) is 0 Å². The molecule has 110 valence electrons. The Labute approximate surface area is 136 Å². The summed E-state index contributed by atoms with van der Waals surface area (Å²) in [5.74, 6) is -0.746. The standard InChI is InChI=1S/C16H14BrClO3/c1-21-15-7-2-10(9-14(15)17)8-13(16(19)20)11-3-5-12(18)6-4-11/h2-7,9,13H,8H2,1H3,(H,19,20). The maximum absolute atomic E-state index is 11.5. The van der Waals surface area contributed by atoms with Gasteiger partial charge in [-0.1, -0.05) is 29.8 Å². The van der Waals surface area contributed by atoms with Gasteiger partial charge in [-0.05, 0) is 57.7 Å². The highest BCUT2D eigenvalue weighted by Gasteiger charge is 2.20. The zero-order chi connectivity index (χ0) is 15.4. The molecule has 2 rings (SSSR count). The number of halogens is 2. The van der Waals surface area contributed by atoms with E-state index in [-0.39, 0.29) is 0 Å². The lowest BCUT2D eigenvalue weighted by Gasteiger charge is -2.14. The van der Waals surface area contributed by atoms with Gasteiger partial charge in [-0.15, -0.1) is 0 Å². The summed E-state index contributed by atoms with van der Waals surface area (Å²) in [6, 6.07) is 12.5. The highest BCUT2D eigenvalue weighted by Crippen LogP contribution is 2.29. The SMILES string of the molecule is COc1ccc(CC(C(=O)O)c2ccc(Cl)cc2)cc1Br. The average molecular weight is 370 g/mol. The van der Waals surface area contributed by atoms with Gasteiger partial charge in [0, 0.05) is 5.02 Å². The molecule has 1 unspecified atom stereocenters. The van der Waals surface area contributed by atoms with Crippen LogP contribution in [-0.2, 0) is 11.2 Å². The Hall–Kier alpha value is -1.52. The molecule has 0 amide bonds. The van der Waals surface area contributed by atoms with Crippen LogP contribution in [0, 0.1) is 0 Å². The monoisotopic (exact) mass is 368 g/mol. The van der Waals surface area contributed by atoms with E-state index in [1.54, 1.807) is 31.4 Å². The number of carboxylic acid groups (broad SMARTS) is 1. The molecule has 1 N–H and O–H groups in total. The van der Waals surface area contributed by atoms with Crippen molar-refractivity contribution >= 4 is 33.5 Å². The summed E-state index contributed by atoms with van der Waals surface area (Å²) in [6.07, 6.45) is 0.402. The van der Waals surface area contributed by atoms with Crippen LogP contribution in [-0.4, -0.2) is 18.2 Å². The summed E-state index contributed by atoms with van der Waals surface area (Å²) in [7, 11) is 1.59. The van der Waals surface area contributed by atoms with Gasteiger partial charge < -0.3 is 9.84 Å². The largest absolute Gasteiger partial charge is 0.496 e. The molecule has 1 atom stereocenters. The molecule has 0 aliphatic rings. The van der Waals surface area contributed by atoms with Gasteiger partial charge in [-0.25, -0.2) is 0 Å². The minimum absolute atomic E-state index is 0.402. The molecule has 0 bridgehead atoms. The first kappa shape index (κ1) is 15.9. The summed E-state index contributed by atoms with van der Waals surface area (Å²) in [6.45, 7) is 0. The number of carbonyl (C=O) groups is 1. The first-order valence-corrected chi connectivity index (χ1v) is 7.49. The van der Waals surface area contributed by atoms with Crippen molar-refractivity contribution in [3.63, 3.8) is 0 Å². The Bertz CT molecular complexity index is 640. The van der Waals surface area contributed by atoms with E-state index in [4.69, 9.17) is 16.3 Å². The average Bonchev–Trinajstić information content (AvgIpc) is 2.46. The van der Waals surface area contributed by atoms with Crippen LogP contribution in [0.5, 0.6) is 5.75 Å². The second-order valence-corrected chi connectivity index (χ2v) is 5.91. The zero-order valence-electron chi connectivity index (χ0n) is 11.3. The van der Waals surface area contributed by atoms with Crippen LogP contribution in [0.15, 0.2) is 46.9 Å². The molecule has 0 fully saturated rings. The van der Waals surface area contributed by atoms with Crippen molar-refractivity contribution in [1.29, 1.82) is 0 Å². The summed E-state index contributed by atoms with van der Waals surface area (Å²) in [5.41, 5.74) is 1.66.